The van der Waals surface area contributed by atoms with Crippen molar-refractivity contribution in [2.45, 2.75) is 52.1 Å². The van der Waals surface area contributed by atoms with Gasteiger partial charge in [0.25, 0.3) is 11.5 Å². The second-order valence-corrected chi connectivity index (χ2v) is 10.3. The summed E-state index contributed by atoms with van der Waals surface area (Å²) in [6.07, 6.45) is 1.02. The molecule has 4 rings (SSSR count). The number of aliphatic carboxylic acids is 1. The number of rotatable bonds is 9. The molecular formula is C30H33F2N3O6. The third kappa shape index (κ3) is 6.03. The van der Waals surface area contributed by atoms with Crippen molar-refractivity contribution in [2.75, 3.05) is 19.0 Å². The van der Waals surface area contributed by atoms with Crippen LogP contribution in [0.2, 0.25) is 0 Å². The van der Waals surface area contributed by atoms with Crippen LogP contribution in [0.15, 0.2) is 35.1 Å². The second-order valence-electron chi connectivity index (χ2n) is 10.3. The van der Waals surface area contributed by atoms with Crippen LogP contribution in [0.5, 0.6) is 11.5 Å². The number of ether oxygens (including phenoxy) is 2. The number of aryl methyl sites for hydroxylation is 1. The minimum Gasteiger partial charge on any atom is -0.496 e. The van der Waals surface area contributed by atoms with Gasteiger partial charge >= 0.3 is 5.97 Å². The van der Waals surface area contributed by atoms with E-state index >= 15 is 0 Å². The standard InChI is InChI=1S/C30H33F2N3O6/c1-15(2)33-18-13-21(31)26(22(32)14-18)28(36)34-23(30(38)39)12-17-8-9-20(27-19(17)7-6-10-41-27)25-24(40-5)11-16(3)35(4)29(25)37/h8-9,11,13-15,23,33H,6-7,10,12H2,1-5H3,(H,34,36)(H,38,39)/t23-/m0/s1. The minimum absolute atomic E-state index is 0.0961. The van der Waals surface area contributed by atoms with Crippen molar-refractivity contribution in [2.24, 2.45) is 7.05 Å². The van der Waals surface area contributed by atoms with Crippen LogP contribution in [-0.4, -0.2) is 47.4 Å². The van der Waals surface area contributed by atoms with Gasteiger partial charge in [-0.05, 0) is 56.9 Å². The van der Waals surface area contributed by atoms with E-state index < -0.39 is 35.1 Å². The number of hydrogen-bond donors (Lipinski definition) is 3. The van der Waals surface area contributed by atoms with Crippen LogP contribution in [0, 0.1) is 18.6 Å². The molecule has 1 aromatic heterocycles. The van der Waals surface area contributed by atoms with E-state index in [4.69, 9.17) is 9.47 Å². The number of carboxylic acids is 1. The Bertz CT molecular complexity index is 1540. The van der Waals surface area contributed by atoms with Crippen LogP contribution < -0.4 is 25.7 Å². The van der Waals surface area contributed by atoms with Crippen LogP contribution in [0.4, 0.5) is 14.5 Å². The van der Waals surface area contributed by atoms with E-state index in [0.717, 1.165) is 12.1 Å². The normalized spacial score (nSPS) is 13.3. The van der Waals surface area contributed by atoms with Crippen molar-refractivity contribution in [3.8, 4) is 22.6 Å². The summed E-state index contributed by atoms with van der Waals surface area (Å²) in [6.45, 7) is 5.77. The van der Waals surface area contributed by atoms with Crippen molar-refractivity contribution >= 4 is 17.6 Å². The molecule has 1 amide bonds. The number of nitrogens with one attached hydrogen (secondary N) is 2. The Morgan fingerprint density at radius 2 is 1.85 bits per heavy atom. The van der Waals surface area contributed by atoms with Gasteiger partial charge in [-0.15, -0.1) is 0 Å². The summed E-state index contributed by atoms with van der Waals surface area (Å²) in [5.41, 5.74) is 1.81. The molecule has 218 valence electrons. The third-order valence-corrected chi connectivity index (χ3v) is 7.05. The van der Waals surface area contributed by atoms with Crippen molar-refractivity contribution in [1.82, 2.24) is 9.88 Å². The molecule has 0 bridgehead atoms. The number of carbonyl (C=O) groups is 2. The largest absolute Gasteiger partial charge is 0.496 e. The van der Waals surface area contributed by atoms with Gasteiger partial charge in [-0.2, -0.15) is 0 Å². The summed E-state index contributed by atoms with van der Waals surface area (Å²) in [5, 5.41) is 15.0. The number of anilines is 1. The molecule has 1 atom stereocenters. The maximum absolute atomic E-state index is 14.7. The van der Waals surface area contributed by atoms with Crippen molar-refractivity contribution in [3.63, 3.8) is 0 Å². The van der Waals surface area contributed by atoms with Gasteiger partial charge in [0, 0.05) is 42.5 Å². The first-order valence-electron chi connectivity index (χ1n) is 13.2. The fourth-order valence-corrected chi connectivity index (χ4v) is 4.98. The first-order chi connectivity index (χ1) is 19.4. The predicted molar refractivity (Wildman–Crippen MR) is 150 cm³/mol. The van der Waals surface area contributed by atoms with Crippen LogP contribution in [0.25, 0.3) is 11.1 Å². The van der Waals surface area contributed by atoms with E-state index in [1.54, 1.807) is 46.0 Å². The molecule has 0 unspecified atom stereocenters. The minimum atomic E-state index is -1.49. The number of aromatic nitrogens is 1. The Morgan fingerprint density at radius 3 is 2.46 bits per heavy atom. The lowest BCUT2D eigenvalue weighted by Gasteiger charge is -2.25. The Morgan fingerprint density at radius 1 is 1.17 bits per heavy atom. The van der Waals surface area contributed by atoms with Crippen LogP contribution in [-0.2, 0) is 24.7 Å². The molecule has 2 heterocycles. The van der Waals surface area contributed by atoms with E-state index in [1.807, 2.05) is 0 Å². The molecule has 0 aliphatic carbocycles. The molecule has 0 radical (unpaired) electrons. The van der Waals surface area contributed by atoms with E-state index in [1.165, 1.54) is 11.7 Å². The number of pyridine rings is 1. The molecule has 3 N–H and O–H groups in total. The lowest BCUT2D eigenvalue weighted by molar-refractivity contribution is -0.139. The number of hydrogen-bond acceptors (Lipinski definition) is 6. The number of benzene rings is 2. The maximum atomic E-state index is 14.7. The number of carboxylic acid groups (broad SMARTS) is 1. The fraction of sp³-hybridized carbons (Fsp3) is 0.367. The highest BCUT2D eigenvalue weighted by Gasteiger charge is 2.29. The first-order valence-corrected chi connectivity index (χ1v) is 13.2. The van der Waals surface area contributed by atoms with Crippen LogP contribution in [0.1, 0.15) is 47.4 Å². The molecule has 0 saturated heterocycles. The molecule has 9 nitrogen and oxygen atoms in total. The number of methoxy groups -OCH3 is 1. The highest BCUT2D eigenvalue weighted by molar-refractivity contribution is 5.97. The molecule has 41 heavy (non-hydrogen) atoms. The van der Waals surface area contributed by atoms with Crippen LogP contribution >= 0.6 is 0 Å². The van der Waals surface area contributed by atoms with Gasteiger partial charge in [0.05, 0.1) is 19.3 Å². The van der Waals surface area contributed by atoms with E-state index in [-0.39, 0.29) is 23.7 Å². The Kier molecular flexibility index (Phi) is 8.65. The summed E-state index contributed by atoms with van der Waals surface area (Å²) < 4.78 is 42.5. The summed E-state index contributed by atoms with van der Waals surface area (Å²) in [5.74, 6) is -3.96. The molecular weight excluding hydrogens is 536 g/mol. The Balaban J connectivity index is 1.69. The SMILES string of the molecule is COc1cc(C)n(C)c(=O)c1-c1ccc(C[C@H](NC(=O)c2c(F)cc(NC(C)C)cc2F)C(=O)O)c2c1OCCC2. The quantitative estimate of drug-likeness (QED) is 0.353. The van der Waals surface area contributed by atoms with Gasteiger partial charge < -0.3 is 29.8 Å². The number of halogens is 2. The predicted octanol–water partition coefficient (Wildman–Crippen LogP) is 4.22. The van der Waals surface area contributed by atoms with Gasteiger partial charge in [-0.1, -0.05) is 12.1 Å². The molecule has 0 spiro atoms. The highest BCUT2D eigenvalue weighted by Crippen LogP contribution is 2.41. The van der Waals surface area contributed by atoms with E-state index in [9.17, 15) is 28.3 Å². The zero-order valence-corrected chi connectivity index (χ0v) is 23.6. The molecule has 1 aliphatic rings. The lowest BCUT2D eigenvalue weighted by Crippen LogP contribution is -2.43. The number of fused-ring (bicyclic) bond motifs is 1. The summed E-state index contributed by atoms with van der Waals surface area (Å²) in [7, 11) is 3.13. The topological polar surface area (TPSA) is 119 Å². The second kappa shape index (κ2) is 12.0. The summed E-state index contributed by atoms with van der Waals surface area (Å²) in [6, 6.07) is 5.48. The first kappa shape index (κ1) is 29.6. The smallest absolute Gasteiger partial charge is 0.326 e. The fourth-order valence-electron chi connectivity index (χ4n) is 4.98. The maximum Gasteiger partial charge on any atom is 0.326 e. The zero-order valence-electron chi connectivity index (χ0n) is 23.6. The molecule has 0 saturated carbocycles. The number of amides is 1. The van der Waals surface area contributed by atoms with Gasteiger partial charge in [0.15, 0.2) is 0 Å². The van der Waals surface area contributed by atoms with Gasteiger partial charge in [0.1, 0.15) is 34.7 Å². The average Bonchev–Trinajstić information content (AvgIpc) is 2.90. The monoisotopic (exact) mass is 569 g/mol. The molecule has 2 aromatic carbocycles. The zero-order chi connectivity index (χ0) is 30.0. The molecule has 1 aliphatic heterocycles. The number of carbonyl (C=O) groups excluding carboxylic acids is 1. The van der Waals surface area contributed by atoms with Crippen molar-refractivity contribution < 1.29 is 33.0 Å². The van der Waals surface area contributed by atoms with E-state index in [0.29, 0.717) is 58.9 Å². The van der Waals surface area contributed by atoms with Crippen molar-refractivity contribution in [3.05, 3.63) is 74.7 Å². The third-order valence-electron chi connectivity index (χ3n) is 7.05. The summed E-state index contributed by atoms with van der Waals surface area (Å²) >= 11 is 0. The molecule has 11 heteroatoms. The van der Waals surface area contributed by atoms with Crippen LogP contribution in [0.3, 0.4) is 0 Å². The highest BCUT2D eigenvalue weighted by atomic mass is 19.1. The molecule has 0 fully saturated rings. The Labute approximate surface area is 236 Å². The van der Waals surface area contributed by atoms with Crippen molar-refractivity contribution in [1.29, 1.82) is 0 Å². The van der Waals surface area contributed by atoms with Gasteiger partial charge in [-0.3, -0.25) is 9.59 Å². The number of nitrogens with zero attached hydrogens (tertiary/aromatic N) is 1. The van der Waals surface area contributed by atoms with E-state index in [2.05, 4.69) is 10.6 Å². The average molecular weight is 570 g/mol. The van der Waals surface area contributed by atoms with Gasteiger partial charge in [-0.25, -0.2) is 13.6 Å². The Hall–Kier alpha value is -4.41. The molecule has 3 aromatic rings. The summed E-state index contributed by atoms with van der Waals surface area (Å²) in [4.78, 5) is 38.3. The van der Waals surface area contributed by atoms with Gasteiger partial charge in [0.2, 0.25) is 0 Å². The lowest BCUT2D eigenvalue weighted by atomic mass is 9.90.